The number of β-amino-alcohol motifs (C(OH)–C–C–N with tert-alkyl or cyclic N) is 1. The maximum Gasteiger partial charge on any atom is 0.321 e. The van der Waals surface area contributed by atoms with Crippen LogP contribution in [0.4, 0.5) is 10.5 Å². The summed E-state index contributed by atoms with van der Waals surface area (Å²) < 4.78 is 35.4. The molecule has 2 amide bonds. The highest BCUT2D eigenvalue weighted by molar-refractivity contribution is 7.89. The van der Waals surface area contributed by atoms with Crippen molar-refractivity contribution in [2.75, 3.05) is 51.7 Å². The number of benzene rings is 2. The summed E-state index contributed by atoms with van der Waals surface area (Å²) >= 11 is 0. The maximum atomic E-state index is 13.3. The second-order valence-electron chi connectivity index (χ2n) is 11.1. The Morgan fingerprint density at radius 1 is 1.12 bits per heavy atom. The van der Waals surface area contributed by atoms with Gasteiger partial charge in [0.1, 0.15) is 10.6 Å². The summed E-state index contributed by atoms with van der Waals surface area (Å²) in [4.78, 5) is 21.1. The summed E-state index contributed by atoms with van der Waals surface area (Å²) in [6.07, 6.45) is 3.84. The molecule has 1 fully saturated rings. The predicted octanol–water partition coefficient (Wildman–Crippen LogP) is 3.33. The number of hydrogen-bond donors (Lipinski definition) is 3. The van der Waals surface area contributed by atoms with E-state index in [9.17, 15) is 18.3 Å². The SMILES string of the molecule is Cc1ccccc1NC(=O)N1CCC2(CC1)COc1cc(-c3cccnc3)ccc1S(=O)(=O)NCC(O)CN(C)C2. The number of anilines is 1. The van der Waals surface area contributed by atoms with Crippen molar-refractivity contribution in [1.82, 2.24) is 19.5 Å². The summed E-state index contributed by atoms with van der Waals surface area (Å²) in [5.74, 6) is 0.246. The van der Waals surface area contributed by atoms with Crippen LogP contribution < -0.4 is 14.8 Å². The van der Waals surface area contributed by atoms with Crippen LogP contribution in [0.15, 0.2) is 71.9 Å². The molecule has 41 heavy (non-hydrogen) atoms. The van der Waals surface area contributed by atoms with E-state index in [1.165, 1.54) is 6.07 Å². The van der Waals surface area contributed by atoms with Crippen molar-refractivity contribution in [3.8, 4) is 16.9 Å². The molecule has 1 spiro atoms. The number of hydrogen-bond acceptors (Lipinski definition) is 7. The number of carbonyl (C=O) groups excluding carboxylic acids is 1. The van der Waals surface area contributed by atoms with E-state index in [-0.39, 0.29) is 35.2 Å². The predicted molar refractivity (Wildman–Crippen MR) is 157 cm³/mol. The molecule has 1 atom stereocenters. The quantitative estimate of drug-likeness (QED) is 0.426. The smallest absolute Gasteiger partial charge is 0.321 e. The van der Waals surface area contributed by atoms with Crippen molar-refractivity contribution in [2.45, 2.75) is 30.8 Å². The number of para-hydroxylation sites is 1. The van der Waals surface area contributed by atoms with E-state index < -0.39 is 16.1 Å². The molecule has 218 valence electrons. The minimum absolute atomic E-state index is 0.0245. The number of ether oxygens (including phenoxy) is 1. The second kappa shape index (κ2) is 12.2. The van der Waals surface area contributed by atoms with Gasteiger partial charge in [0, 0.05) is 61.8 Å². The number of urea groups is 1. The van der Waals surface area contributed by atoms with Gasteiger partial charge in [-0.1, -0.05) is 30.3 Å². The highest BCUT2D eigenvalue weighted by atomic mass is 32.2. The third-order valence-electron chi connectivity index (χ3n) is 7.90. The molecule has 1 unspecified atom stereocenters. The average molecular weight is 580 g/mol. The topological polar surface area (TPSA) is 124 Å². The van der Waals surface area contributed by atoms with Gasteiger partial charge in [0.2, 0.25) is 10.0 Å². The van der Waals surface area contributed by atoms with Gasteiger partial charge in [-0.25, -0.2) is 17.9 Å². The van der Waals surface area contributed by atoms with E-state index in [0.717, 1.165) is 22.4 Å². The first-order valence-corrected chi connectivity index (χ1v) is 15.3. The molecular weight excluding hydrogens is 542 g/mol. The third kappa shape index (κ3) is 6.87. The minimum Gasteiger partial charge on any atom is -0.492 e. The van der Waals surface area contributed by atoms with Crippen molar-refractivity contribution in [1.29, 1.82) is 0 Å². The lowest BCUT2D eigenvalue weighted by atomic mass is 9.78. The Hall–Kier alpha value is -3.51. The van der Waals surface area contributed by atoms with Gasteiger partial charge in [-0.2, -0.15) is 0 Å². The Bertz CT molecular complexity index is 1480. The van der Waals surface area contributed by atoms with Crippen molar-refractivity contribution >= 4 is 21.7 Å². The van der Waals surface area contributed by atoms with Gasteiger partial charge in [0.15, 0.2) is 0 Å². The number of nitrogens with zero attached hydrogens (tertiary/aromatic N) is 3. The van der Waals surface area contributed by atoms with Gasteiger partial charge in [0.05, 0.1) is 12.7 Å². The molecule has 0 aliphatic carbocycles. The third-order valence-corrected chi connectivity index (χ3v) is 9.36. The van der Waals surface area contributed by atoms with Crippen LogP contribution in [0.1, 0.15) is 18.4 Å². The van der Waals surface area contributed by atoms with Gasteiger partial charge in [-0.15, -0.1) is 0 Å². The lowest BCUT2D eigenvalue weighted by molar-refractivity contribution is 0.0256. The fourth-order valence-electron chi connectivity index (χ4n) is 5.57. The van der Waals surface area contributed by atoms with Crippen LogP contribution in [0.5, 0.6) is 5.75 Å². The maximum absolute atomic E-state index is 13.3. The zero-order valence-electron chi connectivity index (χ0n) is 23.4. The first-order valence-electron chi connectivity index (χ1n) is 13.8. The fraction of sp³-hybridized carbons (Fsp3) is 0.400. The molecule has 3 aromatic rings. The number of amides is 2. The molecule has 0 radical (unpaired) electrons. The number of fused-ring (bicyclic) bond motifs is 1. The molecular formula is C30H37N5O5S. The number of nitrogens with one attached hydrogen (secondary N) is 2. The number of likely N-dealkylation sites (tertiary alicyclic amines) is 1. The zero-order valence-corrected chi connectivity index (χ0v) is 24.2. The van der Waals surface area contributed by atoms with E-state index in [0.29, 0.717) is 39.0 Å². The first kappa shape index (κ1) is 29.0. The first-order chi connectivity index (χ1) is 19.6. The molecule has 0 bridgehead atoms. The molecule has 2 aromatic carbocycles. The lowest BCUT2D eigenvalue weighted by Gasteiger charge is -2.44. The largest absolute Gasteiger partial charge is 0.492 e. The van der Waals surface area contributed by atoms with E-state index in [1.54, 1.807) is 24.5 Å². The van der Waals surface area contributed by atoms with E-state index in [4.69, 9.17) is 4.74 Å². The Morgan fingerprint density at radius 2 is 1.90 bits per heavy atom. The van der Waals surface area contributed by atoms with Crippen LogP contribution >= 0.6 is 0 Å². The van der Waals surface area contributed by atoms with Gasteiger partial charge < -0.3 is 25.0 Å². The number of aromatic nitrogens is 1. The monoisotopic (exact) mass is 579 g/mol. The van der Waals surface area contributed by atoms with Crippen LogP contribution in [-0.2, 0) is 10.0 Å². The standard InChI is InChI=1S/C30H37N5O5S/c1-22-6-3-4-8-26(22)33-29(37)35-14-11-30(12-15-35)20-34(2)19-25(36)18-32-41(38,39)28-10-9-23(16-27(28)40-21-30)24-7-5-13-31-17-24/h3-10,13,16-17,25,32,36H,11-12,14-15,18-21H2,1-2H3,(H,33,37). The summed E-state index contributed by atoms with van der Waals surface area (Å²) in [5.41, 5.74) is 3.06. The number of pyridine rings is 1. The van der Waals surface area contributed by atoms with E-state index >= 15 is 0 Å². The van der Waals surface area contributed by atoms with Gasteiger partial charge in [-0.05, 0) is 62.2 Å². The lowest BCUT2D eigenvalue weighted by Crippen LogP contribution is -2.52. The average Bonchev–Trinajstić information content (AvgIpc) is 2.96. The Morgan fingerprint density at radius 3 is 2.63 bits per heavy atom. The normalized spacial score (nSPS) is 21.1. The molecule has 1 aromatic heterocycles. The molecule has 2 aliphatic heterocycles. The van der Waals surface area contributed by atoms with Crippen LogP contribution in [0.25, 0.3) is 11.1 Å². The number of piperidine rings is 1. The Balaban J connectivity index is 1.40. The van der Waals surface area contributed by atoms with Gasteiger partial charge in [0.25, 0.3) is 0 Å². The number of carbonyl (C=O) groups is 1. The molecule has 11 heteroatoms. The molecule has 0 saturated carbocycles. The van der Waals surface area contributed by atoms with Crippen molar-refractivity contribution in [2.24, 2.45) is 5.41 Å². The number of sulfonamides is 1. The zero-order chi connectivity index (χ0) is 29.0. The van der Waals surface area contributed by atoms with Crippen molar-refractivity contribution in [3.05, 3.63) is 72.6 Å². The van der Waals surface area contributed by atoms with E-state index in [1.807, 2.05) is 60.2 Å². The fourth-order valence-corrected chi connectivity index (χ4v) is 6.77. The summed E-state index contributed by atoms with van der Waals surface area (Å²) in [7, 11) is -2.03. The molecule has 3 heterocycles. The molecule has 1 saturated heterocycles. The molecule has 10 nitrogen and oxygen atoms in total. The van der Waals surface area contributed by atoms with Gasteiger partial charge >= 0.3 is 6.03 Å². The summed E-state index contributed by atoms with van der Waals surface area (Å²) in [6.45, 7) is 4.09. The minimum atomic E-state index is -3.94. The van der Waals surface area contributed by atoms with Crippen LogP contribution in [0.2, 0.25) is 0 Å². The van der Waals surface area contributed by atoms with Crippen LogP contribution in [0, 0.1) is 12.3 Å². The number of aliphatic hydroxyl groups excluding tert-OH is 1. The molecule has 2 aliphatic rings. The number of likely N-dealkylation sites (N-methyl/N-ethyl adjacent to an activating group) is 1. The van der Waals surface area contributed by atoms with Crippen LogP contribution in [-0.4, -0.2) is 86.8 Å². The van der Waals surface area contributed by atoms with E-state index in [2.05, 4.69) is 15.0 Å². The highest BCUT2D eigenvalue weighted by Crippen LogP contribution is 2.37. The molecule has 3 N–H and O–H groups in total. The Kier molecular flexibility index (Phi) is 8.60. The highest BCUT2D eigenvalue weighted by Gasteiger charge is 2.39. The van der Waals surface area contributed by atoms with Crippen molar-refractivity contribution < 1.29 is 23.1 Å². The number of rotatable bonds is 2. The second-order valence-corrected chi connectivity index (χ2v) is 12.9. The summed E-state index contributed by atoms with van der Waals surface area (Å²) in [5, 5.41) is 13.7. The van der Waals surface area contributed by atoms with Crippen LogP contribution in [0.3, 0.4) is 0 Å². The number of aliphatic hydroxyl groups is 1. The Labute approximate surface area is 241 Å². The summed E-state index contributed by atoms with van der Waals surface area (Å²) in [6, 6.07) is 16.3. The molecule has 5 rings (SSSR count). The van der Waals surface area contributed by atoms with Gasteiger partial charge in [-0.3, -0.25) is 4.98 Å². The number of aryl methyl sites for hydroxylation is 1. The van der Waals surface area contributed by atoms with Crippen molar-refractivity contribution in [3.63, 3.8) is 0 Å².